The second-order valence-electron chi connectivity index (χ2n) is 9.20. The van der Waals surface area contributed by atoms with Gasteiger partial charge in [0.25, 0.3) is 0 Å². The standard InChI is InChI=1S/C22H32FN7O/c1-27-10-5-18-19(6-11-27)26-20-3-8-25-30(20)22(18)29-13-16(14-29)21(31)24-7-2-9-28-12-4-17(23)15-28/h3,8,16-17H,2,4-7,9-15H2,1H3,(H,24,31)/t17-/m1/s1. The van der Waals surface area contributed by atoms with Gasteiger partial charge in [-0.15, -0.1) is 0 Å². The minimum Gasteiger partial charge on any atom is -0.356 e. The third kappa shape index (κ3) is 4.25. The Morgan fingerprint density at radius 2 is 2.06 bits per heavy atom. The van der Waals surface area contributed by atoms with Gasteiger partial charge < -0.3 is 20.0 Å². The fourth-order valence-corrected chi connectivity index (χ4v) is 4.97. The highest BCUT2D eigenvalue weighted by Crippen LogP contribution is 2.32. The largest absolute Gasteiger partial charge is 0.356 e. The third-order valence-electron chi connectivity index (χ3n) is 6.88. The van der Waals surface area contributed by atoms with E-state index < -0.39 is 6.17 Å². The summed E-state index contributed by atoms with van der Waals surface area (Å²) in [7, 11) is 2.15. The van der Waals surface area contributed by atoms with Gasteiger partial charge in [-0.25, -0.2) is 9.37 Å². The van der Waals surface area contributed by atoms with Gasteiger partial charge in [0, 0.05) is 63.9 Å². The van der Waals surface area contributed by atoms with Crippen LogP contribution in [0.2, 0.25) is 0 Å². The smallest absolute Gasteiger partial charge is 0.226 e. The molecule has 8 nitrogen and oxygen atoms in total. The van der Waals surface area contributed by atoms with Crippen molar-refractivity contribution in [2.75, 3.05) is 64.3 Å². The maximum Gasteiger partial charge on any atom is 0.226 e. The lowest BCUT2D eigenvalue weighted by Gasteiger charge is -2.41. The minimum atomic E-state index is -0.680. The van der Waals surface area contributed by atoms with Crippen LogP contribution in [-0.4, -0.2) is 95.9 Å². The van der Waals surface area contributed by atoms with Crippen LogP contribution in [0, 0.1) is 5.92 Å². The number of likely N-dealkylation sites (tertiary alicyclic amines) is 1. The zero-order valence-electron chi connectivity index (χ0n) is 18.3. The molecular formula is C22H32FN7O. The van der Waals surface area contributed by atoms with Gasteiger partial charge in [-0.05, 0) is 32.9 Å². The van der Waals surface area contributed by atoms with Gasteiger partial charge in [-0.3, -0.25) is 4.79 Å². The number of likely N-dealkylation sites (N-methyl/N-ethyl adjacent to an activating group) is 1. The number of rotatable bonds is 6. The lowest BCUT2D eigenvalue weighted by molar-refractivity contribution is -0.125. The summed E-state index contributed by atoms with van der Waals surface area (Å²) in [4.78, 5) is 24.2. The molecule has 1 atom stereocenters. The van der Waals surface area contributed by atoms with E-state index >= 15 is 0 Å². The van der Waals surface area contributed by atoms with Gasteiger partial charge in [0.15, 0.2) is 5.65 Å². The van der Waals surface area contributed by atoms with E-state index in [9.17, 15) is 9.18 Å². The van der Waals surface area contributed by atoms with Gasteiger partial charge in [-0.1, -0.05) is 0 Å². The molecule has 31 heavy (non-hydrogen) atoms. The maximum absolute atomic E-state index is 13.2. The lowest BCUT2D eigenvalue weighted by Crippen LogP contribution is -2.55. The van der Waals surface area contributed by atoms with Crippen LogP contribution in [0.15, 0.2) is 12.3 Å². The number of hydrogen-bond acceptors (Lipinski definition) is 6. The number of halogens is 1. The molecule has 5 heterocycles. The van der Waals surface area contributed by atoms with Gasteiger partial charge in [0.2, 0.25) is 5.91 Å². The van der Waals surface area contributed by atoms with Crippen LogP contribution in [0.25, 0.3) is 5.65 Å². The molecule has 2 aromatic rings. The summed E-state index contributed by atoms with van der Waals surface area (Å²) in [5.41, 5.74) is 3.32. The van der Waals surface area contributed by atoms with Crippen LogP contribution in [0.3, 0.4) is 0 Å². The first-order chi connectivity index (χ1) is 15.1. The second kappa shape index (κ2) is 8.70. The Morgan fingerprint density at radius 3 is 2.87 bits per heavy atom. The van der Waals surface area contributed by atoms with Crippen molar-refractivity contribution in [1.29, 1.82) is 0 Å². The summed E-state index contributed by atoms with van der Waals surface area (Å²) in [6.45, 7) is 6.33. The molecule has 5 rings (SSSR count). The van der Waals surface area contributed by atoms with Crippen molar-refractivity contribution in [1.82, 2.24) is 29.7 Å². The summed E-state index contributed by atoms with van der Waals surface area (Å²) in [5, 5.41) is 7.59. The average molecular weight is 430 g/mol. The average Bonchev–Trinajstić information content (AvgIpc) is 3.31. The van der Waals surface area contributed by atoms with Gasteiger partial charge >= 0.3 is 0 Å². The molecule has 168 valence electrons. The van der Waals surface area contributed by atoms with Gasteiger partial charge in [-0.2, -0.15) is 9.61 Å². The van der Waals surface area contributed by atoms with Crippen LogP contribution in [0.5, 0.6) is 0 Å². The molecule has 0 unspecified atom stereocenters. The SMILES string of the molecule is CN1CCc2nc3ccnn3c(N3CC(C(=O)NCCCN4CC[C@@H](F)C4)C3)c2CC1. The molecule has 2 saturated heterocycles. The topological polar surface area (TPSA) is 69.0 Å². The maximum atomic E-state index is 13.2. The van der Waals surface area contributed by atoms with E-state index in [-0.39, 0.29) is 11.8 Å². The summed E-state index contributed by atoms with van der Waals surface area (Å²) >= 11 is 0. The third-order valence-corrected chi connectivity index (χ3v) is 6.88. The Labute approximate surface area is 182 Å². The molecular weight excluding hydrogens is 397 g/mol. The number of nitrogens with one attached hydrogen (secondary N) is 1. The Kier molecular flexibility index (Phi) is 5.79. The first kappa shape index (κ1) is 20.6. The highest BCUT2D eigenvalue weighted by molar-refractivity contribution is 5.82. The zero-order chi connectivity index (χ0) is 21.4. The number of nitrogens with zero attached hydrogens (tertiary/aromatic N) is 6. The molecule has 0 aliphatic carbocycles. The predicted octanol–water partition coefficient (Wildman–Crippen LogP) is 0.746. The number of anilines is 1. The molecule has 1 amide bonds. The quantitative estimate of drug-likeness (QED) is 0.684. The Balaban J connectivity index is 1.19. The number of hydrogen-bond donors (Lipinski definition) is 1. The highest BCUT2D eigenvalue weighted by atomic mass is 19.1. The van der Waals surface area contributed by atoms with E-state index in [0.29, 0.717) is 32.6 Å². The first-order valence-electron chi connectivity index (χ1n) is 11.5. The second-order valence-corrected chi connectivity index (χ2v) is 9.20. The van der Waals surface area contributed by atoms with Crippen molar-refractivity contribution >= 4 is 17.4 Å². The number of carbonyl (C=O) groups excluding carboxylic acids is 1. The Hall–Kier alpha value is -2.26. The van der Waals surface area contributed by atoms with E-state index in [0.717, 1.165) is 62.6 Å². The van der Waals surface area contributed by atoms with Crippen molar-refractivity contribution in [2.24, 2.45) is 5.92 Å². The molecule has 1 N–H and O–H groups in total. The lowest BCUT2D eigenvalue weighted by atomic mass is 9.97. The minimum absolute atomic E-state index is 0.00453. The van der Waals surface area contributed by atoms with E-state index in [1.54, 1.807) is 6.20 Å². The van der Waals surface area contributed by atoms with Crippen LogP contribution in [-0.2, 0) is 17.6 Å². The number of carbonyl (C=O) groups is 1. The van der Waals surface area contributed by atoms with E-state index in [4.69, 9.17) is 4.98 Å². The first-order valence-corrected chi connectivity index (χ1v) is 11.5. The Bertz CT molecular complexity index is 941. The molecule has 9 heteroatoms. The normalized spacial score (nSPS) is 23.0. The van der Waals surface area contributed by atoms with Crippen molar-refractivity contribution in [3.8, 4) is 0 Å². The summed E-state index contributed by atoms with van der Waals surface area (Å²) in [6, 6.07) is 1.95. The highest BCUT2D eigenvalue weighted by Gasteiger charge is 2.36. The molecule has 0 radical (unpaired) electrons. The Morgan fingerprint density at radius 1 is 1.23 bits per heavy atom. The van der Waals surface area contributed by atoms with Crippen molar-refractivity contribution in [3.05, 3.63) is 23.5 Å². The molecule has 2 fully saturated rings. The van der Waals surface area contributed by atoms with Crippen molar-refractivity contribution < 1.29 is 9.18 Å². The predicted molar refractivity (Wildman–Crippen MR) is 117 cm³/mol. The molecule has 0 aromatic carbocycles. The molecule has 0 spiro atoms. The van der Waals surface area contributed by atoms with Gasteiger partial charge in [0.1, 0.15) is 12.0 Å². The molecule has 0 saturated carbocycles. The monoisotopic (exact) mass is 429 g/mol. The summed E-state index contributed by atoms with van der Waals surface area (Å²) in [5.74, 6) is 1.24. The van der Waals surface area contributed by atoms with Crippen LogP contribution in [0.4, 0.5) is 10.2 Å². The van der Waals surface area contributed by atoms with Crippen LogP contribution < -0.4 is 10.2 Å². The van der Waals surface area contributed by atoms with Crippen molar-refractivity contribution in [3.63, 3.8) is 0 Å². The van der Waals surface area contributed by atoms with E-state index in [1.165, 1.54) is 5.56 Å². The van der Waals surface area contributed by atoms with Gasteiger partial charge in [0.05, 0.1) is 17.8 Å². The molecule has 3 aliphatic heterocycles. The fourth-order valence-electron chi connectivity index (χ4n) is 4.97. The number of aromatic nitrogens is 3. The van der Waals surface area contributed by atoms with Crippen LogP contribution >= 0.6 is 0 Å². The number of alkyl halides is 1. The fraction of sp³-hybridized carbons (Fsp3) is 0.682. The zero-order valence-corrected chi connectivity index (χ0v) is 18.3. The molecule has 2 aromatic heterocycles. The molecule has 0 bridgehead atoms. The summed E-state index contributed by atoms with van der Waals surface area (Å²) < 4.78 is 15.2. The van der Waals surface area contributed by atoms with E-state index in [1.807, 2.05) is 10.6 Å². The van der Waals surface area contributed by atoms with E-state index in [2.05, 4.69) is 32.2 Å². The number of amides is 1. The molecule has 3 aliphatic rings. The van der Waals surface area contributed by atoms with Crippen molar-refractivity contribution in [2.45, 2.75) is 31.9 Å². The van der Waals surface area contributed by atoms with Crippen LogP contribution in [0.1, 0.15) is 24.1 Å². The summed E-state index contributed by atoms with van der Waals surface area (Å²) in [6.07, 6.45) is 4.52. The number of fused-ring (bicyclic) bond motifs is 2.